The first-order chi connectivity index (χ1) is 14.7. The number of aromatic nitrogens is 2. The molecule has 5 nitrogen and oxygen atoms in total. The molecule has 0 spiro atoms. The van der Waals surface area contributed by atoms with Crippen LogP contribution >= 0.6 is 15.9 Å². The molecule has 1 N–H and O–H groups in total. The van der Waals surface area contributed by atoms with Crippen LogP contribution in [0.3, 0.4) is 0 Å². The second kappa shape index (κ2) is 8.85. The third kappa shape index (κ3) is 4.37. The van der Waals surface area contributed by atoms with Crippen LogP contribution in [-0.2, 0) is 6.61 Å². The second-order valence-electron chi connectivity index (χ2n) is 6.59. The van der Waals surface area contributed by atoms with Crippen LogP contribution in [0.5, 0.6) is 11.5 Å². The Morgan fingerprint density at radius 2 is 1.97 bits per heavy atom. The van der Waals surface area contributed by atoms with Crippen LogP contribution in [-0.4, -0.2) is 17.1 Å². The lowest BCUT2D eigenvalue weighted by Gasteiger charge is -2.10. The van der Waals surface area contributed by atoms with Gasteiger partial charge in [-0.1, -0.05) is 46.3 Å². The highest BCUT2D eigenvalue weighted by atomic mass is 79.9. The lowest BCUT2D eigenvalue weighted by atomic mass is 10.1. The van der Waals surface area contributed by atoms with Gasteiger partial charge in [-0.3, -0.25) is 0 Å². The quantitative estimate of drug-likeness (QED) is 0.360. The Morgan fingerprint density at radius 3 is 2.73 bits per heavy atom. The molecule has 0 saturated carbocycles. The molecule has 0 fully saturated rings. The summed E-state index contributed by atoms with van der Waals surface area (Å²) >= 11 is 3.50. The summed E-state index contributed by atoms with van der Waals surface area (Å²) in [5, 5.41) is 9.78. The molecule has 0 aliphatic carbocycles. The fraction of sp³-hybridized carbons (Fsp3) is 0.0833. The van der Waals surface area contributed by atoms with E-state index in [1.807, 2.05) is 66.7 Å². The van der Waals surface area contributed by atoms with Crippen LogP contribution in [0.15, 0.2) is 71.2 Å². The third-order valence-corrected chi connectivity index (χ3v) is 5.07. The van der Waals surface area contributed by atoms with Gasteiger partial charge in [0.2, 0.25) is 0 Å². The number of ether oxygens (including phenoxy) is 2. The Hall–Kier alpha value is -3.56. The summed E-state index contributed by atoms with van der Waals surface area (Å²) in [6, 6.07) is 23.5. The number of allylic oxidation sites excluding steroid dienone is 1. The molecule has 0 amide bonds. The molecule has 0 aliphatic rings. The van der Waals surface area contributed by atoms with Crippen LogP contribution in [0.2, 0.25) is 0 Å². The van der Waals surface area contributed by atoms with E-state index in [0.717, 1.165) is 32.4 Å². The summed E-state index contributed by atoms with van der Waals surface area (Å²) in [6.07, 6.45) is 1.78. The summed E-state index contributed by atoms with van der Waals surface area (Å²) in [5.41, 5.74) is 3.84. The highest BCUT2D eigenvalue weighted by molar-refractivity contribution is 9.10. The SMILES string of the molecule is COc1ccc2nc(/C(C#N)=C\c3cc(Br)ccc3OCc3ccccc3)[nH]c2c1. The number of rotatable bonds is 6. The van der Waals surface area contributed by atoms with Crippen molar-refractivity contribution >= 4 is 38.6 Å². The van der Waals surface area contributed by atoms with Crippen molar-refractivity contribution in [3.8, 4) is 17.6 Å². The van der Waals surface area contributed by atoms with Crippen LogP contribution in [0.1, 0.15) is 17.0 Å². The molecule has 4 rings (SSSR count). The maximum atomic E-state index is 9.78. The molecule has 6 heteroatoms. The molecule has 0 aliphatic heterocycles. The number of nitrogens with one attached hydrogen (secondary N) is 1. The minimum atomic E-state index is 0.410. The Morgan fingerprint density at radius 1 is 1.13 bits per heavy atom. The Labute approximate surface area is 182 Å². The van der Waals surface area contributed by atoms with Crippen molar-refractivity contribution in [1.29, 1.82) is 5.26 Å². The molecular weight excluding hydrogens is 442 g/mol. The summed E-state index contributed by atoms with van der Waals surface area (Å²) in [7, 11) is 1.61. The van der Waals surface area contributed by atoms with Crippen molar-refractivity contribution in [3.63, 3.8) is 0 Å². The van der Waals surface area contributed by atoms with E-state index in [2.05, 4.69) is 32.0 Å². The number of nitriles is 1. The van der Waals surface area contributed by atoms with Gasteiger partial charge in [-0.05, 0) is 42.0 Å². The van der Waals surface area contributed by atoms with Gasteiger partial charge in [0.05, 0.1) is 23.7 Å². The molecule has 0 atom stereocenters. The van der Waals surface area contributed by atoms with E-state index in [1.54, 1.807) is 13.2 Å². The smallest absolute Gasteiger partial charge is 0.149 e. The van der Waals surface area contributed by atoms with E-state index in [9.17, 15) is 5.26 Å². The van der Waals surface area contributed by atoms with E-state index in [1.165, 1.54) is 0 Å². The average molecular weight is 460 g/mol. The van der Waals surface area contributed by atoms with Gasteiger partial charge in [0.15, 0.2) is 0 Å². The number of methoxy groups -OCH3 is 1. The zero-order valence-corrected chi connectivity index (χ0v) is 17.8. The van der Waals surface area contributed by atoms with E-state index in [4.69, 9.17) is 9.47 Å². The number of fused-ring (bicyclic) bond motifs is 1. The van der Waals surface area contributed by atoms with Gasteiger partial charge in [-0.25, -0.2) is 4.98 Å². The largest absolute Gasteiger partial charge is 0.497 e. The highest BCUT2D eigenvalue weighted by Gasteiger charge is 2.11. The molecule has 1 aromatic heterocycles. The molecule has 1 heterocycles. The molecule has 0 saturated heterocycles. The molecule has 3 aromatic carbocycles. The molecule has 4 aromatic rings. The number of benzene rings is 3. The van der Waals surface area contributed by atoms with Gasteiger partial charge in [0.1, 0.15) is 30.0 Å². The molecule has 0 bridgehead atoms. The predicted octanol–water partition coefficient (Wildman–Crippen LogP) is 5.98. The molecule has 30 heavy (non-hydrogen) atoms. The van der Waals surface area contributed by atoms with E-state index < -0.39 is 0 Å². The summed E-state index contributed by atoms with van der Waals surface area (Å²) < 4.78 is 12.2. The predicted molar refractivity (Wildman–Crippen MR) is 121 cm³/mol. The first-order valence-electron chi connectivity index (χ1n) is 9.28. The number of hydrogen-bond donors (Lipinski definition) is 1. The number of nitrogens with zero attached hydrogens (tertiary/aromatic N) is 2. The topological polar surface area (TPSA) is 70.9 Å². The molecular formula is C24H18BrN3O2. The van der Waals surface area contributed by atoms with Crippen LogP contribution in [0, 0.1) is 11.3 Å². The normalized spacial score (nSPS) is 11.3. The van der Waals surface area contributed by atoms with Gasteiger partial charge in [0, 0.05) is 16.1 Å². The van der Waals surface area contributed by atoms with Crippen molar-refractivity contribution < 1.29 is 9.47 Å². The molecule has 148 valence electrons. The third-order valence-electron chi connectivity index (χ3n) is 4.57. The first-order valence-corrected chi connectivity index (χ1v) is 10.1. The summed E-state index contributed by atoms with van der Waals surface area (Å²) in [4.78, 5) is 7.75. The van der Waals surface area contributed by atoms with E-state index in [0.29, 0.717) is 23.8 Å². The maximum Gasteiger partial charge on any atom is 0.149 e. The standard InChI is InChI=1S/C24H18BrN3O2/c1-29-20-8-9-21-22(13-20)28-24(27-21)18(14-26)11-17-12-19(25)7-10-23(17)30-15-16-5-3-2-4-6-16/h2-13H,15H2,1H3,(H,27,28)/b18-11-. The zero-order chi connectivity index (χ0) is 20.9. The van der Waals surface area contributed by atoms with Gasteiger partial charge in [-0.2, -0.15) is 5.26 Å². The summed E-state index contributed by atoms with van der Waals surface area (Å²) in [6.45, 7) is 0.440. The molecule has 0 radical (unpaired) electrons. The number of aromatic amines is 1. The van der Waals surface area contributed by atoms with E-state index in [-0.39, 0.29) is 0 Å². The number of imidazole rings is 1. The van der Waals surface area contributed by atoms with Crippen LogP contribution in [0.25, 0.3) is 22.7 Å². The van der Waals surface area contributed by atoms with Crippen molar-refractivity contribution in [2.24, 2.45) is 0 Å². The minimum absolute atomic E-state index is 0.410. The second-order valence-corrected chi connectivity index (χ2v) is 7.51. The number of halogens is 1. The van der Waals surface area contributed by atoms with Crippen molar-refractivity contribution in [2.45, 2.75) is 6.61 Å². The number of hydrogen-bond acceptors (Lipinski definition) is 4. The van der Waals surface area contributed by atoms with E-state index >= 15 is 0 Å². The lowest BCUT2D eigenvalue weighted by molar-refractivity contribution is 0.305. The first kappa shape index (κ1) is 19.7. The Bertz CT molecular complexity index is 1260. The average Bonchev–Trinajstić information content (AvgIpc) is 3.20. The van der Waals surface area contributed by atoms with Gasteiger partial charge < -0.3 is 14.5 Å². The van der Waals surface area contributed by atoms with Crippen molar-refractivity contribution in [1.82, 2.24) is 9.97 Å². The Kier molecular flexibility index (Phi) is 5.82. The fourth-order valence-corrected chi connectivity index (χ4v) is 3.43. The van der Waals surface area contributed by atoms with Gasteiger partial charge >= 0.3 is 0 Å². The minimum Gasteiger partial charge on any atom is -0.497 e. The van der Waals surface area contributed by atoms with Crippen molar-refractivity contribution in [2.75, 3.05) is 7.11 Å². The lowest BCUT2D eigenvalue weighted by Crippen LogP contribution is -1.97. The van der Waals surface area contributed by atoms with Crippen LogP contribution < -0.4 is 9.47 Å². The monoisotopic (exact) mass is 459 g/mol. The fourth-order valence-electron chi connectivity index (χ4n) is 3.05. The van der Waals surface area contributed by atoms with Crippen molar-refractivity contribution in [3.05, 3.63) is 88.2 Å². The Balaban J connectivity index is 1.68. The van der Waals surface area contributed by atoms with Gasteiger partial charge in [0.25, 0.3) is 0 Å². The highest BCUT2D eigenvalue weighted by Crippen LogP contribution is 2.29. The maximum absolute atomic E-state index is 9.78. The zero-order valence-electron chi connectivity index (χ0n) is 16.2. The molecule has 0 unspecified atom stereocenters. The number of H-pyrrole nitrogens is 1. The van der Waals surface area contributed by atoms with Crippen LogP contribution in [0.4, 0.5) is 0 Å². The summed E-state index contributed by atoms with van der Waals surface area (Å²) in [5.74, 6) is 1.91. The van der Waals surface area contributed by atoms with Gasteiger partial charge in [-0.15, -0.1) is 0 Å².